The van der Waals surface area contributed by atoms with E-state index in [2.05, 4.69) is 20.9 Å². The molecule has 0 bridgehead atoms. The molecule has 0 aliphatic rings. The van der Waals surface area contributed by atoms with Gasteiger partial charge in [0.1, 0.15) is 10.9 Å². The third kappa shape index (κ3) is 1.28. The number of nitrogens with zero attached hydrogens (tertiary/aromatic N) is 2. The van der Waals surface area contributed by atoms with E-state index >= 15 is 0 Å². The van der Waals surface area contributed by atoms with E-state index in [-0.39, 0.29) is 0 Å². The number of halogens is 1. The van der Waals surface area contributed by atoms with Crippen LogP contribution >= 0.6 is 27.3 Å². The van der Waals surface area contributed by atoms with Gasteiger partial charge in [-0.25, -0.2) is 4.98 Å². The Bertz CT molecular complexity index is 512. The quantitative estimate of drug-likeness (QED) is 0.785. The third-order valence-corrected chi connectivity index (χ3v) is 3.24. The average Bonchev–Trinajstić information content (AvgIpc) is 2.47. The van der Waals surface area contributed by atoms with Crippen molar-refractivity contribution < 1.29 is 0 Å². The molecule has 0 amide bonds. The molecule has 5 heteroatoms. The lowest BCUT2D eigenvalue weighted by Crippen LogP contribution is -1.91. The largest absolute Gasteiger partial charge is 0.397 e. The summed E-state index contributed by atoms with van der Waals surface area (Å²) in [5, 5.41) is 9.55. The standard InChI is InChI=1S/C8H4BrN3S/c9-6-1-5-7(11)4(2-10)3-12-8(5)13-6/h1,3H,(H2,11,12). The first-order valence-electron chi connectivity index (χ1n) is 3.46. The highest BCUT2D eigenvalue weighted by molar-refractivity contribution is 9.11. The second-order valence-electron chi connectivity index (χ2n) is 2.47. The summed E-state index contributed by atoms with van der Waals surface area (Å²) in [5.74, 6) is 0. The van der Waals surface area contributed by atoms with E-state index < -0.39 is 0 Å². The fraction of sp³-hybridized carbons (Fsp3) is 0. The SMILES string of the molecule is N#Cc1cnc2sc(Br)cc2c1N. The van der Waals surface area contributed by atoms with Crippen molar-refractivity contribution in [2.24, 2.45) is 0 Å². The van der Waals surface area contributed by atoms with Crippen molar-refractivity contribution >= 4 is 43.2 Å². The van der Waals surface area contributed by atoms with Gasteiger partial charge in [-0.15, -0.1) is 11.3 Å². The van der Waals surface area contributed by atoms with Crippen LogP contribution in [-0.4, -0.2) is 4.98 Å². The molecule has 64 valence electrons. The Morgan fingerprint density at radius 2 is 2.38 bits per heavy atom. The summed E-state index contributed by atoms with van der Waals surface area (Å²) in [6.07, 6.45) is 1.50. The molecule has 2 aromatic rings. The average molecular weight is 254 g/mol. The van der Waals surface area contributed by atoms with Crippen molar-refractivity contribution in [3.63, 3.8) is 0 Å². The molecule has 3 nitrogen and oxygen atoms in total. The maximum absolute atomic E-state index is 8.71. The van der Waals surface area contributed by atoms with Gasteiger partial charge in [0.15, 0.2) is 0 Å². The molecule has 2 rings (SSSR count). The topological polar surface area (TPSA) is 62.7 Å². The van der Waals surface area contributed by atoms with Crippen LogP contribution in [0.25, 0.3) is 10.2 Å². The summed E-state index contributed by atoms with van der Waals surface area (Å²) in [5.41, 5.74) is 6.70. The van der Waals surface area contributed by atoms with Crippen LogP contribution in [-0.2, 0) is 0 Å². The van der Waals surface area contributed by atoms with Gasteiger partial charge in [-0.2, -0.15) is 5.26 Å². The Morgan fingerprint density at radius 3 is 3.08 bits per heavy atom. The lowest BCUT2D eigenvalue weighted by molar-refractivity contribution is 1.39. The molecule has 0 fully saturated rings. The molecule has 0 saturated carbocycles. The molecule has 2 N–H and O–H groups in total. The minimum absolute atomic E-state index is 0.429. The van der Waals surface area contributed by atoms with Gasteiger partial charge >= 0.3 is 0 Å². The molecular weight excluding hydrogens is 250 g/mol. The molecule has 0 aliphatic carbocycles. The summed E-state index contributed by atoms with van der Waals surface area (Å²) in [7, 11) is 0. The summed E-state index contributed by atoms with van der Waals surface area (Å²) >= 11 is 4.85. The van der Waals surface area contributed by atoms with E-state index in [1.807, 2.05) is 12.1 Å². The fourth-order valence-electron chi connectivity index (χ4n) is 1.07. The van der Waals surface area contributed by atoms with E-state index in [1.165, 1.54) is 17.5 Å². The van der Waals surface area contributed by atoms with Crippen molar-refractivity contribution in [2.75, 3.05) is 5.73 Å². The van der Waals surface area contributed by atoms with Gasteiger partial charge in [-0.1, -0.05) is 0 Å². The smallest absolute Gasteiger partial charge is 0.126 e. The zero-order chi connectivity index (χ0) is 9.42. The van der Waals surface area contributed by atoms with Gasteiger partial charge in [-0.05, 0) is 22.0 Å². The van der Waals surface area contributed by atoms with E-state index in [0.29, 0.717) is 11.3 Å². The maximum atomic E-state index is 8.71. The monoisotopic (exact) mass is 253 g/mol. The molecule has 0 unspecified atom stereocenters. The molecule has 2 aromatic heterocycles. The number of rotatable bonds is 0. The zero-order valence-electron chi connectivity index (χ0n) is 6.41. The molecular formula is C8H4BrN3S. The summed E-state index contributed by atoms with van der Waals surface area (Å²) < 4.78 is 0.969. The number of aromatic nitrogens is 1. The number of hydrogen-bond donors (Lipinski definition) is 1. The van der Waals surface area contributed by atoms with Gasteiger partial charge in [0.05, 0.1) is 15.0 Å². The van der Waals surface area contributed by atoms with Crippen LogP contribution in [0.5, 0.6) is 0 Å². The Kier molecular flexibility index (Phi) is 1.94. The molecule has 0 saturated heterocycles. The van der Waals surface area contributed by atoms with E-state index in [9.17, 15) is 0 Å². The van der Waals surface area contributed by atoms with E-state index in [1.54, 1.807) is 0 Å². The predicted molar refractivity (Wildman–Crippen MR) is 56.4 cm³/mol. The van der Waals surface area contributed by atoms with Crippen LogP contribution in [0.2, 0.25) is 0 Å². The van der Waals surface area contributed by atoms with Crippen LogP contribution in [0.4, 0.5) is 5.69 Å². The van der Waals surface area contributed by atoms with Crippen molar-refractivity contribution in [1.29, 1.82) is 5.26 Å². The lowest BCUT2D eigenvalue weighted by Gasteiger charge is -1.96. The summed E-state index contributed by atoms with van der Waals surface area (Å²) in [6, 6.07) is 3.88. The number of nitrogens with two attached hydrogens (primary N) is 1. The summed E-state index contributed by atoms with van der Waals surface area (Å²) in [6.45, 7) is 0. The molecule has 13 heavy (non-hydrogen) atoms. The predicted octanol–water partition coefficient (Wildman–Crippen LogP) is 2.51. The van der Waals surface area contributed by atoms with Crippen LogP contribution in [0.15, 0.2) is 16.0 Å². The van der Waals surface area contributed by atoms with Crippen LogP contribution in [0.3, 0.4) is 0 Å². The number of nitriles is 1. The molecule has 2 heterocycles. The van der Waals surface area contributed by atoms with Gasteiger partial charge in [0.25, 0.3) is 0 Å². The normalized spacial score (nSPS) is 10.2. The first-order valence-corrected chi connectivity index (χ1v) is 5.07. The van der Waals surface area contributed by atoms with E-state index in [4.69, 9.17) is 11.0 Å². The van der Waals surface area contributed by atoms with Crippen molar-refractivity contribution in [2.45, 2.75) is 0 Å². The van der Waals surface area contributed by atoms with Crippen LogP contribution < -0.4 is 5.73 Å². The minimum atomic E-state index is 0.429. The molecule has 0 spiro atoms. The first kappa shape index (κ1) is 8.48. The Hall–Kier alpha value is -1.12. The van der Waals surface area contributed by atoms with Gasteiger partial charge < -0.3 is 5.73 Å². The van der Waals surface area contributed by atoms with Gasteiger partial charge in [0.2, 0.25) is 0 Å². The molecule has 0 atom stereocenters. The van der Waals surface area contributed by atoms with Crippen molar-refractivity contribution in [1.82, 2.24) is 4.98 Å². The highest BCUT2D eigenvalue weighted by atomic mass is 79.9. The second-order valence-corrected chi connectivity index (χ2v) is 4.88. The third-order valence-electron chi connectivity index (χ3n) is 1.69. The number of nitrogen functional groups attached to an aromatic ring is 1. The lowest BCUT2D eigenvalue weighted by atomic mass is 10.2. The number of fused-ring (bicyclic) bond motifs is 1. The van der Waals surface area contributed by atoms with Crippen LogP contribution in [0.1, 0.15) is 5.56 Å². The maximum Gasteiger partial charge on any atom is 0.126 e. The van der Waals surface area contributed by atoms with Gasteiger partial charge in [-0.3, -0.25) is 0 Å². The van der Waals surface area contributed by atoms with Crippen LogP contribution in [0, 0.1) is 11.3 Å². The second kappa shape index (κ2) is 2.98. The van der Waals surface area contributed by atoms with Crippen molar-refractivity contribution in [3.05, 3.63) is 21.6 Å². The Labute approximate surface area is 86.9 Å². The highest BCUT2D eigenvalue weighted by Crippen LogP contribution is 2.32. The van der Waals surface area contributed by atoms with Gasteiger partial charge in [0, 0.05) is 11.6 Å². The Morgan fingerprint density at radius 1 is 1.62 bits per heavy atom. The molecule has 0 radical (unpaired) electrons. The fourth-order valence-corrected chi connectivity index (χ4v) is 2.50. The zero-order valence-corrected chi connectivity index (χ0v) is 8.82. The number of pyridine rings is 1. The molecule has 0 aromatic carbocycles. The minimum Gasteiger partial charge on any atom is -0.397 e. The van der Waals surface area contributed by atoms with E-state index in [0.717, 1.165) is 14.0 Å². The number of hydrogen-bond acceptors (Lipinski definition) is 4. The molecule has 0 aliphatic heterocycles. The first-order chi connectivity index (χ1) is 6.22. The van der Waals surface area contributed by atoms with Crippen molar-refractivity contribution in [3.8, 4) is 6.07 Å². The summed E-state index contributed by atoms with van der Waals surface area (Å²) in [4.78, 5) is 4.97. The number of anilines is 1. The Balaban J connectivity index is 2.87. The number of thiophene rings is 1. The highest BCUT2D eigenvalue weighted by Gasteiger charge is 2.07.